The SMILES string of the molecule is c1ccc(-c2ccc(N(c3ccc(-c4ccccc4)cc3)c3cc4ccccc4c4c3sc3cc(-c5nc(-c6ccccc6)nc(-c6ccccc6)n5)ccc34)cc2)cc1. The van der Waals surface area contributed by atoms with E-state index in [0.717, 1.165) is 33.8 Å². The topological polar surface area (TPSA) is 41.9 Å². The van der Waals surface area contributed by atoms with E-state index in [1.807, 2.05) is 72.0 Å². The molecule has 9 aromatic carbocycles. The Morgan fingerprint density at radius 3 is 1.27 bits per heavy atom. The molecule has 282 valence electrons. The second-order valence-electron chi connectivity index (χ2n) is 14.8. The minimum atomic E-state index is 0.644. The third-order valence-electron chi connectivity index (χ3n) is 11.1. The van der Waals surface area contributed by atoms with Crippen LogP contribution in [0.25, 0.3) is 87.4 Å². The molecule has 0 bridgehead atoms. The highest BCUT2D eigenvalue weighted by molar-refractivity contribution is 7.26. The number of anilines is 3. The molecule has 0 atom stereocenters. The highest BCUT2D eigenvalue weighted by Crippen LogP contribution is 2.49. The predicted octanol–water partition coefficient (Wildman–Crippen LogP) is 15.2. The molecule has 2 heterocycles. The number of benzene rings is 9. The maximum Gasteiger partial charge on any atom is 0.164 e. The lowest BCUT2D eigenvalue weighted by Crippen LogP contribution is -2.10. The highest BCUT2D eigenvalue weighted by Gasteiger charge is 2.22. The molecule has 11 rings (SSSR count). The number of hydrogen-bond donors (Lipinski definition) is 0. The average molecular weight is 785 g/mol. The van der Waals surface area contributed by atoms with Gasteiger partial charge in [0, 0.05) is 43.5 Å². The molecule has 5 heteroatoms. The van der Waals surface area contributed by atoms with Gasteiger partial charge in [-0.3, -0.25) is 0 Å². The first kappa shape index (κ1) is 35.4. The summed E-state index contributed by atoms with van der Waals surface area (Å²) in [5.74, 6) is 1.94. The summed E-state index contributed by atoms with van der Waals surface area (Å²) in [5, 5.41) is 4.86. The van der Waals surface area contributed by atoms with Gasteiger partial charge in [-0.1, -0.05) is 182 Å². The van der Waals surface area contributed by atoms with Crippen LogP contribution in [-0.4, -0.2) is 15.0 Å². The number of fused-ring (bicyclic) bond motifs is 5. The van der Waals surface area contributed by atoms with Crippen LogP contribution in [0.3, 0.4) is 0 Å². The monoisotopic (exact) mass is 784 g/mol. The summed E-state index contributed by atoms with van der Waals surface area (Å²) in [6, 6.07) is 77.1. The molecule has 0 fully saturated rings. The Labute approximate surface area is 352 Å². The van der Waals surface area contributed by atoms with E-state index in [-0.39, 0.29) is 0 Å². The van der Waals surface area contributed by atoms with E-state index < -0.39 is 0 Å². The zero-order valence-corrected chi connectivity index (χ0v) is 33.3. The summed E-state index contributed by atoms with van der Waals surface area (Å²) < 4.78 is 2.38. The maximum absolute atomic E-state index is 5.07. The van der Waals surface area contributed by atoms with Gasteiger partial charge < -0.3 is 4.90 Å². The first-order valence-electron chi connectivity index (χ1n) is 20.1. The summed E-state index contributed by atoms with van der Waals surface area (Å²) in [5.41, 5.74) is 10.9. The van der Waals surface area contributed by atoms with Crippen LogP contribution >= 0.6 is 11.3 Å². The Morgan fingerprint density at radius 1 is 0.333 bits per heavy atom. The number of thiophene rings is 1. The van der Waals surface area contributed by atoms with Gasteiger partial charge in [-0.15, -0.1) is 11.3 Å². The molecule has 0 amide bonds. The van der Waals surface area contributed by atoms with Crippen LogP contribution < -0.4 is 4.90 Å². The van der Waals surface area contributed by atoms with Gasteiger partial charge in [-0.05, 0) is 69.4 Å². The molecule has 0 aliphatic carbocycles. The third kappa shape index (κ3) is 6.57. The standard InChI is InChI=1S/C55H36N4S/c1-5-15-37(16-6-1)39-25-30-45(31-26-39)59(46-32-27-40(28-33-46)38-17-7-2-8-18-38)49-35-43-23-13-14-24-47(43)51-48-34-29-44(36-50(48)60-52(49)51)55-57-53(41-19-9-3-10-20-41)56-54(58-55)42-21-11-4-12-22-42/h1-36H. The Balaban J connectivity index is 1.11. The Hall–Kier alpha value is -7.73. The predicted molar refractivity (Wildman–Crippen MR) is 252 cm³/mol. The summed E-state index contributed by atoms with van der Waals surface area (Å²) in [6.07, 6.45) is 0. The molecule has 0 N–H and O–H groups in total. The van der Waals surface area contributed by atoms with Gasteiger partial charge in [-0.2, -0.15) is 0 Å². The van der Waals surface area contributed by atoms with E-state index in [1.54, 1.807) is 0 Å². The van der Waals surface area contributed by atoms with Crippen molar-refractivity contribution in [2.24, 2.45) is 0 Å². The zero-order chi connectivity index (χ0) is 39.8. The molecule has 4 nitrogen and oxygen atoms in total. The first-order valence-corrected chi connectivity index (χ1v) is 20.9. The van der Waals surface area contributed by atoms with E-state index in [1.165, 1.54) is 53.2 Å². The van der Waals surface area contributed by atoms with E-state index in [2.05, 4.69) is 163 Å². The van der Waals surface area contributed by atoms with E-state index in [4.69, 9.17) is 15.0 Å². The minimum absolute atomic E-state index is 0.644. The van der Waals surface area contributed by atoms with Crippen molar-refractivity contribution in [3.05, 3.63) is 218 Å². The van der Waals surface area contributed by atoms with Crippen LogP contribution in [-0.2, 0) is 0 Å². The van der Waals surface area contributed by atoms with Gasteiger partial charge >= 0.3 is 0 Å². The van der Waals surface area contributed by atoms with Crippen LogP contribution in [0.5, 0.6) is 0 Å². The highest BCUT2D eigenvalue weighted by atomic mass is 32.1. The van der Waals surface area contributed by atoms with Crippen LogP contribution in [0, 0.1) is 0 Å². The molecule has 0 aliphatic rings. The van der Waals surface area contributed by atoms with Crippen molar-refractivity contribution in [1.29, 1.82) is 0 Å². The number of aromatic nitrogens is 3. The second-order valence-corrected chi connectivity index (χ2v) is 15.9. The Kier molecular flexibility index (Phi) is 8.99. The fraction of sp³-hybridized carbons (Fsp3) is 0. The summed E-state index contributed by atoms with van der Waals surface area (Å²) in [7, 11) is 0. The summed E-state index contributed by atoms with van der Waals surface area (Å²) in [4.78, 5) is 17.5. The lowest BCUT2D eigenvalue weighted by Gasteiger charge is -2.27. The van der Waals surface area contributed by atoms with Gasteiger partial charge in [0.25, 0.3) is 0 Å². The number of nitrogens with zero attached hydrogens (tertiary/aromatic N) is 4. The molecule has 0 saturated heterocycles. The third-order valence-corrected chi connectivity index (χ3v) is 12.3. The molecule has 0 unspecified atom stereocenters. The molecule has 0 spiro atoms. The van der Waals surface area contributed by atoms with Gasteiger partial charge in [0.2, 0.25) is 0 Å². The number of rotatable bonds is 8. The van der Waals surface area contributed by atoms with Crippen LogP contribution in [0.1, 0.15) is 0 Å². The smallest absolute Gasteiger partial charge is 0.164 e. The van der Waals surface area contributed by atoms with Crippen molar-refractivity contribution in [3.8, 4) is 56.4 Å². The zero-order valence-electron chi connectivity index (χ0n) is 32.5. The molecule has 11 aromatic rings. The molecule has 0 aliphatic heterocycles. The van der Waals surface area contributed by atoms with Crippen molar-refractivity contribution in [2.75, 3.05) is 4.90 Å². The quantitative estimate of drug-likeness (QED) is 0.154. The molecule has 0 saturated carbocycles. The maximum atomic E-state index is 5.07. The fourth-order valence-electron chi connectivity index (χ4n) is 8.14. The molecular formula is C55H36N4S. The first-order chi connectivity index (χ1) is 29.7. The van der Waals surface area contributed by atoms with Crippen molar-refractivity contribution in [3.63, 3.8) is 0 Å². The molecule has 0 radical (unpaired) electrons. The molecule has 2 aromatic heterocycles. The normalized spacial score (nSPS) is 11.3. The largest absolute Gasteiger partial charge is 0.309 e. The van der Waals surface area contributed by atoms with Crippen molar-refractivity contribution in [1.82, 2.24) is 15.0 Å². The van der Waals surface area contributed by atoms with E-state index in [0.29, 0.717) is 17.5 Å². The number of hydrogen-bond acceptors (Lipinski definition) is 5. The van der Waals surface area contributed by atoms with Crippen LogP contribution in [0.4, 0.5) is 17.1 Å². The van der Waals surface area contributed by atoms with Crippen LogP contribution in [0.2, 0.25) is 0 Å². The fourth-order valence-corrected chi connectivity index (χ4v) is 9.41. The van der Waals surface area contributed by atoms with Crippen molar-refractivity contribution < 1.29 is 0 Å². The van der Waals surface area contributed by atoms with Crippen molar-refractivity contribution >= 4 is 59.3 Å². The Morgan fingerprint density at radius 2 is 0.750 bits per heavy atom. The lowest BCUT2D eigenvalue weighted by atomic mass is 10.00. The Bertz CT molecular complexity index is 3140. The summed E-state index contributed by atoms with van der Waals surface area (Å²) in [6.45, 7) is 0. The minimum Gasteiger partial charge on any atom is -0.309 e. The molecule has 60 heavy (non-hydrogen) atoms. The van der Waals surface area contributed by atoms with E-state index >= 15 is 0 Å². The average Bonchev–Trinajstić information content (AvgIpc) is 3.73. The van der Waals surface area contributed by atoms with Gasteiger partial charge in [0.05, 0.1) is 10.4 Å². The van der Waals surface area contributed by atoms with Crippen LogP contribution in [0.15, 0.2) is 218 Å². The molecular weight excluding hydrogens is 749 g/mol. The van der Waals surface area contributed by atoms with Gasteiger partial charge in [0.15, 0.2) is 17.5 Å². The summed E-state index contributed by atoms with van der Waals surface area (Å²) >= 11 is 1.82. The van der Waals surface area contributed by atoms with Crippen molar-refractivity contribution in [2.45, 2.75) is 0 Å². The second kappa shape index (κ2) is 15.2. The van der Waals surface area contributed by atoms with E-state index in [9.17, 15) is 0 Å². The lowest BCUT2D eigenvalue weighted by molar-refractivity contribution is 1.07. The van der Waals surface area contributed by atoms with Gasteiger partial charge in [0.1, 0.15) is 0 Å². The van der Waals surface area contributed by atoms with Gasteiger partial charge in [-0.25, -0.2) is 15.0 Å².